The van der Waals surface area contributed by atoms with Crippen molar-refractivity contribution in [3.8, 4) is 0 Å². The number of rotatable bonds is 4. The topological polar surface area (TPSA) is 89.5 Å². The van der Waals surface area contributed by atoms with Crippen LogP contribution in [0.1, 0.15) is 27.9 Å². The van der Waals surface area contributed by atoms with Crippen LogP contribution in [0.2, 0.25) is 0 Å². The second-order valence-corrected chi connectivity index (χ2v) is 8.27. The first-order valence-electron chi connectivity index (χ1n) is 7.64. The molecule has 1 heterocycles. The Hall–Kier alpha value is -2.31. The second kappa shape index (κ2) is 7.60. The highest BCUT2D eigenvalue weighted by Crippen LogP contribution is 2.36. The van der Waals surface area contributed by atoms with E-state index in [9.17, 15) is 44.3 Å². The number of benzene rings is 1. The summed E-state index contributed by atoms with van der Waals surface area (Å²) in [6.07, 6.45) is -10.1. The molecule has 28 heavy (non-hydrogen) atoms. The molecule has 0 saturated carbocycles. The van der Waals surface area contributed by atoms with Crippen molar-refractivity contribution in [2.45, 2.75) is 24.8 Å². The molecule has 1 N–H and O–H groups in total. The fraction of sp³-hybridized carbons (Fsp3) is 0.467. The number of carbonyl (C=O) groups is 2. The van der Waals surface area contributed by atoms with Gasteiger partial charge in [0.15, 0.2) is 16.4 Å². The molecule has 1 aromatic carbocycles. The van der Waals surface area contributed by atoms with Crippen LogP contribution in [0.3, 0.4) is 0 Å². The van der Waals surface area contributed by atoms with Gasteiger partial charge in [-0.1, -0.05) is 0 Å². The Balaban J connectivity index is 2.08. The van der Waals surface area contributed by atoms with Gasteiger partial charge in [-0.15, -0.1) is 0 Å². The summed E-state index contributed by atoms with van der Waals surface area (Å²) in [5.41, 5.74) is -4.43. The van der Waals surface area contributed by atoms with Crippen molar-refractivity contribution in [2.24, 2.45) is 0 Å². The number of carbonyl (C=O) groups excluding carboxylic acids is 2. The fourth-order valence-corrected chi connectivity index (χ4v) is 4.14. The third-order valence-corrected chi connectivity index (χ3v) is 5.52. The fourth-order valence-electron chi connectivity index (χ4n) is 2.47. The van der Waals surface area contributed by atoms with Gasteiger partial charge in [-0.2, -0.15) is 26.3 Å². The summed E-state index contributed by atoms with van der Waals surface area (Å²) < 4.78 is 104. The number of sulfone groups is 1. The SMILES string of the molecule is O=C(COC(=O)c1cc(C(F)(F)F)cc(C(F)(F)F)c1)NC1CCS(=O)(=O)C1. The molecule has 1 saturated heterocycles. The quantitative estimate of drug-likeness (QED) is 0.581. The standard InChI is InChI=1S/C15H13F6NO5S/c16-14(17,18)9-3-8(4-10(5-9)15(19,20)21)13(24)27-6-12(23)22-11-1-2-28(25,26)7-11/h3-5,11H,1-2,6-7H2,(H,22,23). The van der Waals surface area contributed by atoms with Gasteiger partial charge in [0.25, 0.3) is 5.91 Å². The molecule has 1 amide bonds. The molecular weight excluding hydrogens is 420 g/mol. The van der Waals surface area contributed by atoms with Gasteiger partial charge < -0.3 is 10.1 Å². The van der Waals surface area contributed by atoms with Gasteiger partial charge in [0, 0.05) is 6.04 Å². The normalized spacial score (nSPS) is 19.3. The molecule has 6 nitrogen and oxygen atoms in total. The number of halogens is 6. The van der Waals surface area contributed by atoms with E-state index >= 15 is 0 Å². The van der Waals surface area contributed by atoms with Crippen LogP contribution < -0.4 is 5.32 Å². The van der Waals surface area contributed by atoms with Gasteiger partial charge in [0.1, 0.15) is 0 Å². The highest BCUT2D eigenvalue weighted by atomic mass is 32.2. The number of hydrogen-bond donors (Lipinski definition) is 1. The first kappa shape index (κ1) is 22.0. The average molecular weight is 433 g/mol. The average Bonchev–Trinajstić information content (AvgIpc) is 2.89. The van der Waals surface area contributed by atoms with Crippen LogP contribution in [0.4, 0.5) is 26.3 Å². The molecule has 2 rings (SSSR count). The number of hydrogen-bond acceptors (Lipinski definition) is 5. The summed E-state index contributed by atoms with van der Waals surface area (Å²) in [5, 5.41) is 2.26. The molecule has 0 aliphatic carbocycles. The molecule has 1 aromatic rings. The van der Waals surface area contributed by atoms with E-state index in [0.29, 0.717) is 0 Å². The van der Waals surface area contributed by atoms with Crippen LogP contribution in [0, 0.1) is 0 Å². The first-order chi connectivity index (χ1) is 12.7. The lowest BCUT2D eigenvalue weighted by Crippen LogP contribution is -2.38. The molecule has 0 aromatic heterocycles. The van der Waals surface area contributed by atoms with E-state index in [1.807, 2.05) is 0 Å². The predicted molar refractivity (Wildman–Crippen MR) is 81.9 cm³/mol. The summed E-state index contributed by atoms with van der Waals surface area (Å²) in [6.45, 7) is -0.993. The smallest absolute Gasteiger partial charge is 0.416 e. The van der Waals surface area contributed by atoms with Crippen LogP contribution in [0.15, 0.2) is 18.2 Å². The van der Waals surface area contributed by atoms with Gasteiger partial charge in [-0.25, -0.2) is 13.2 Å². The van der Waals surface area contributed by atoms with Gasteiger partial charge >= 0.3 is 18.3 Å². The van der Waals surface area contributed by atoms with E-state index in [2.05, 4.69) is 10.1 Å². The minimum absolute atomic E-state index is 0.137. The van der Waals surface area contributed by atoms with Crippen molar-refractivity contribution in [1.29, 1.82) is 0 Å². The lowest BCUT2D eigenvalue weighted by atomic mass is 10.0. The predicted octanol–water partition coefficient (Wildman–Crippen LogP) is 2.18. The monoisotopic (exact) mass is 433 g/mol. The Morgan fingerprint density at radius 2 is 1.57 bits per heavy atom. The molecule has 1 atom stereocenters. The summed E-state index contributed by atoms with van der Waals surface area (Å²) >= 11 is 0. The van der Waals surface area contributed by atoms with E-state index in [1.54, 1.807) is 0 Å². The van der Waals surface area contributed by atoms with Crippen molar-refractivity contribution in [3.05, 3.63) is 34.9 Å². The summed E-state index contributed by atoms with van der Waals surface area (Å²) in [6, 6.07) is -0.496. The number of alkyl halides is 6. The van der Waals surface area contributed by atoms with Gasteiger partial charge in [-0.3, -0.25) is 4.79 Å². The highest BCUT2D eigenvalue weighted by molar-refractivity contribution is 7.91. The zero-order chi connectivity index (χ0) is 21.3. The molecule has 1 aliphatic rings. The number of ether oxygens (including phenoxy) is 1. The maximum Gasteiger partial charge on any atom is 0.416 e. The Labute approximate surface area is 154 Å². The molecular formula is C15H13F6NO5S. The lowest BCUT2D eigenvalue weighted by Gasteiger charge is -2.14. The summed E-state index contributed by atoms with van der Waals surface area (Å²) in [7, 11) is -3.29. The van der Waals surface area contributed by atoms with Crippen molar-refractivity contribution < 1.29 is 49.1 Å². The molecule has 0 spiro atoms. The van der Waals surface area contributed by atoms with E-state index in [1.165, 1.54) is 0 Å². The van der Waals surface area contributed by atoms with Crippen molar-refractivity contribution in [1.82, 2.24) is 5.32 Å². The molecule has 1 aliphatic heterocycles. The first-order valence-corrected chi connectivity index (χ1v) is 9.46. The molecule has 1 unspecified atom stereocenters. The van der Waals surface area contributed by atoms with Crippen LogP contribution in [-0.2, 0) is 31.7 Å². The Morgan fingerprint density at radius 3 is 2.00 bits per heavy atom. The minimum Gasteiger partial charge on any atom is -0.452 e. The van der Waals surface area contributed by atoms with Crippen LogP contribution in [-0.4, -0.2) is 44.4 Å². The van der Waals surface area contributed by atoms with Crippen LogP contribution in [0.5, 0.6) is 0 Å². The van der Waals surface area contributed by atoms with E-state index in [0.717, 1.165) is 0 Å². The van der Waals surface area contributed by atoms with Crippen molar-refractivity contribution >= 4 is 21.7 Å². The Bertz CT molecular complexity index is 846. The van der Waals surface area contributed by atoms with Crippen LogP contribution in [0.25, 0.3) is 0 Å². The van der Waals surface area contributed by atoms with E-state index in [-0.39, 0.29) is 36.1 Å². The largest absolute Gasteiger partial charge is 0.452 e. The number of nitrogens with one attached hydrogen (secondary N) is 1. The lowest BCUT2D eigenvalue weighted by molar-refractivity contribution is -0.143. The number of amides is 1. The van der Waals surface area contributed by atoms with Gasteiger partial charge in [0.2, 0.25) is 0 Å². The highest BCUT2D eigenvalue weighted by Gasteiger charge is 2.37. The van der Waals surface area contributed by atoms with Gasteiger partial charge in [-0.05, 0) is 24.6 Å². The maximum atomic E-state index is 12.8. The molecule has 0 radical (unpaired) electrons. The zero-order valence-corrected chi connectivity index (χ0v) is 14.7. The summed E-state index contributed by atoms with van der Waals surface area (Å²) in [5.74, 6) is -2.94. The zero-order valence-electron chi connectivity index (χ0n) is 13.9. The second-order valence-electron chi connectivity index (χ2n) is 6.04. The molecule has 13 heteroatoms. The third kappa shape index (κ3) is 5.84. The Morgan fingerprint density at radius 1 is 1.04 bits per heavy atom. The minimum atomic E-state index is -5.14. The molecule has 1 fully saturated rings. The summed E-state index contributed by atoms with van der Waals surface area (Å²) in [4.78, 5) is 23.5. The van der Waals surface area contributed by atoms with Crippen molar-refractivity contribution in [2.75, 3.05) is 18.1 Å². The maximum absolute atomic E-state index is 12.8. The van der Waals surface area contributed by atoms with E-state index < -0.39 is 63.4 Å². The third-order valence-electron chi connectivity index (χ3n) is 3.76. The number of esters is 1. The Kier molecular flexibility index (Phi) is 5.97. The molecule has 0 bridgehead atoms. The van der Waals surface area contributed by atoms with Gasteiger partial charge in [0.05, 0.1) is 28.2 Å². The van der Waals surface area contributed by atoms with Crippen LogP contribution >= 0.6 is 0 Å². The molecule has 156 valence electrons. The van der Waals surface area contributed by atoms with Crippen molar-refractivity contribution in [3.63, 3.8) is 0 Å². The van der Waals surface area contributed by atoms with E-state index in [4.69, 9.17) is 0 Å².